The highest BCUT2D eigenvalue weighted by atomic mass is 32.1. The normalized spacial score (nSPS) is 15.0. The number of benzene rings is 1. The van der Waals surface area contributed by atoms with Crippen LogP contribution in [0, 0.1) is 20.2 Å². The summed E-state index contributed by atoms with van der Waals surface area (Å²) in [6.07, 6.45) is 0. The van der Waals surface area contributed by atoms with Gasteiger partial charge in [0, 0.05) is 38.3 Å². The monoisotopic (exact) mass is 353 g/mol. The van der Waals surface area contributed by atoms with Crippen molar-refractivity contribution in [3.63, 3.8) is 0 Å². The molecule has 0 aliphatic carbocycles. The van der Waals surface area contributed by atoms with Gasteiger partial charge in [-0.3, -0.25) is 30.3 Å². The molecule has 0 atom stereocenters. The third-order valence-electron chi connectivity index (χ3n) is 3.60. The van der Waals surface area contributed by atoms with Gasteiger partial charge in [0.2, 0.25) is 0 Å². The number of thiocarbonyl (C=S) groups is 1. The van der Waals surface area contributed by atoms with Gasteiger partial charge in [-0.2, -0.15) is 0 Å². The van der Waals surface area contributed by atoms with Gasteiger partial charge in [0.05, 0.1) is 21.5 Å². The number of piperazine rings is 1. The molecule has 0 bridgehead atoms. The summed E-state index contributed by atoms with van der Waals surface area (Å²) in [4.78, 5) is 36.3. The third kappa shape index (κ3) is 4.20. The molecule has 0 unspecified atom stereocenters. The van der Waals surface area contributed by atoms with E-state index in [2.05, 4.69) is 10.2 Å². The summed E-state index contributed by atoms with van der Waals surface area (Å²) in [5.74, 6) is -0.717. The molecule has 11 heteroatoms. The summed E-state index contributed by atoms with van der Waals surface area (Å²) in [7, 11) is 1.97. The number of amides is 1. The van der Waals surface area contributed by atoms with Crippen molar-refractivity contribution in [1.82, 2.24) is 15.1 Å². The molecule has 128 valence electrons. The lowest BCUT2D eigenvalue weighted by Crippen LogP contribution is -2.51. The quantitative estimate of drug-likeness (QED) is 0.480. The summed E-state index contributed by atoms with van der Waals surface area (Å²) in [6.45, 7) is 2.87. The van der Waals surface area contributed by atoms with E-state index in [4.69, 9.17) is 12.2 Å². The topological polar surface area (TPSA) is 122 Å². The Morgan fingerprint density at radius 1 is 1.08 bits per heavy atom. The minimum atomic E-state index is -0.789. The number of nitrogens with one attached hydrogen (secondary N) is 1. The van der Waals surface area contributed by atoms with Crippen molar-refractivity contribution >= 4 is 34.6 Å². The molecule has 0 saturated carbocycles. The second-order valence-corrected chi connectivity index (χ2v) is 5.69. The van der Waals surface area contributed by atoms with E-state index in [0.29, 0.717) is 13.1 Å². The van der Waals surface area contributed by atoms with Gasteiger partial charge in [0.1, 0.15) is 0 Å². The van der Waals surface area contributed by atoms with Crippen molar-refractivity contribution in [1.29, 1.82) is 0 Å². The molecular weight excluding hydrogens is 338 g/mol. The Morgan fingerprint density at radius 2 is 1.58 bits per heavy atom. The number of non-ortho nitro benzene ring substituents is 2. The maximum absolute atomic E-state index is 12.2. The van der Waals surface area contributed by atoms with E-state index >= 15 is 0 Å². The fraction of sp³-hybridized carbons (Fsp3) is 0.385. The lowest BCUT2D eigenvalue weighted by molar-refractivity contribution is -0.394. The molecule has 0 radical (unpaired) electrons. The van der Waals surface area contributed by atoms with E-state index in [1.54, 1.807) is 4.90 Å². The molecule has 1 aliphatic rings. The van der Waals surface area contributed by atoms with E-state index < -0.39 is 27.1 Å². The molecule has 2 rings (SSSR count). The third-order valence-corrected chi connectivity index (χ3v) is 3.96. The van der Waals surface area contributed by atoms with Crippen molar-refractivity contribution < 1.29 is 14.6 Å². The predicted octanol–water partition coefficient (Wildman–Crippen LogP) is 0.765. The van der Waals surface area contributed by atoms with Crippen LogP contribution in [0.1, 0.15) is 10.4 Å². The Kier molecular flexibility index (Phi) is 5.36. The Bertz CT molecular complexity index is 670. The molecule has 1 heterocycles. The highest BCUT2D eigenvalue weighted by molar-refractivity contribution is 7.80. The first kappa shape index (κ1) is 17.7. The van der Waals surface area contributed by atoms with Crippen molar-refractivity contribution in [3.05, 3.63) is 44.0 Å². The van der Waals surface area contributed by atoms with E-state index in [1.807, 2.05) is 7.05 Å². The summed E-state index contributed by atoms with van der Waals surface area (Å²) < 4.78 is 0. The maximum atomic E-state index is 12.2. The summed E-state index contributed by atoms with van der Waals surface area (Å²) in [5.41, 5.74) is -1.24. The molecule has 1 aromatic carbocycles. The molecule has 24 heavy (non-hydrogen) atoms. The van der Waals surface area contributed by atoms with Crippen LogP contribution in [0.3, 0.4) is 0 Å². The van der Waals surface area contributed by atoms with Gasteiger partial charge in [0.15, 0.2) is 5.11 Å². The molecule has 1 N–H and O–H groups in total. The maximum Gasteiger partial charge on any atom is 0.277 e. The SMILES string of the molecule is CN1CCN(C(=S)NC(=O)c2cc([N+](=O)[O-])cc([N+](=O)[O-])c2)CC1. The van der Waals surface area contributed by atoms with E-state index in [0.717, 1.165) is 31.3 Å². The van der Waals surface area contributed by atoms with Crippen molar-refractivity contribution in [3.8, 4) is 0 Å². The van der Waals surface area contributed by atoms with Crippen LogP contribution in [0.15, 0.2) is 18.2 Å². The lowest BCUT2D eigenvalue weighted by atomic mass is 10.1. The minimum absolute atomic E-state index is 0.188. The Morgan fingerprint density at radius 3 is 2.04 bits per heavy atom. The van der Waals surface area contributed by atoms with Gasteiger partial charge in [-0.05, 0) is 19.3 Å². The Balaban J connectivity index is 2.15. The second-order valence-electron chi connectivity index (χ2n) is 5.30. The molecule has 1 saturated heterocycles. The fourth-order valence-electron chi connectivity index (χ4n) is 2.19. The minimum Gasteiger partial charge on any atom is -0.346 e. The van der Waals surface area contributed by atoms with Crippen LogP contribution in [-0.2, 0) is 0 Å². The smallest absolute Gasteiger partial charge is 0.277 e. The molecule has 10 nitrogen and oxygen atoms in total. The Hall–Kier alpha value is -2.66. The zero-order valence-electron chi connectivity index (χ0n) is 12.8. The molecule has 1 fully saturated rings. The Labute approximate surface area is 142 Å². The zero-order chi connectivity index (χ0) is 17.9. The van der Waals surface area contributed by atoms with Crippen LogP contribution in [-0.4, -0.2) is 63.9 Å². The molecule has 1 amide bonds. The number of likely N-dealkylation sites (N-methyl/N-ethyl adjacent to an activating group) is 1. The number of hydrogen-bond acceptors (Lipinski definition) is 7. The van der Waals surface area contributed by atoms with Gasteiger partial charge in [0.25, 0.3) is 17.3 Å². The molecule has 1 aromatic rings. The molecule has 1 aliphatic heterocycles. The van der Waals surface area contributed by atoms with Crippen molar-refractivity contribution in [2.24, 2.45) is 0 Å². The van der Waals surface area contributed by atoms with Crippen LogP contribution in [0.25, 0.3) is 0 Å². The molecular formula is C13H15N5O5S. The molecule has 0 aromatic heterocycles. The van der Waals surface area contributed by atoms with Crippen molar-refractivity contribution in [2.75, 3.05) is 33.2 Å². The highest BCUT2D eigenvalue weighted by Gasteiger charge is 2.22. The van der Waals surface area contributed by atoms with Gasteiger partial charge < -0.3 is 9.80 Å². The zero-order valence-corrected chi connectivity index (χ0v) is 13.6. The van der Waals surface area contributed by atoms with Crippen LogP contribution in [0.4, 0.5) is 11.4 Å². The fourth-order valence-corrected chi connectivity index (χ4v) is 2.47. The summed E-state index contributed by atoms with van der Waals surface area (Å²) >= 11 is 5.17. The van der Waals surface area contributed by atoms with Crippen LogP contribution < -0.4 is 5.32 Å². The first-order valence-corrected chi connectivity index (χ1v) is 7.41. The first-order chi connectivity index (χ1) is 11.3. The van der Waals surface area contributed by atoms with Gasteiger partial charge in [-0.25, -0.2) is 0 Å². The standard InChI is InChI=1S/C13H15N5O5S/c1-15-2-4-16(5-3-15)13(24)14-12(19)9-6-10(17(20)21)8-11(7-9)18(22)23/h6-8H,2-5H2,1H3,(H,14,19,24). The van der Waals surface area contributed by atoms with Gasteiger partial charge in [-0.15, -0.1) is 0 Å². The van der Waals surface area contributed by atoms with E-state index in [9.17, 15) is 25.0 Å². The average molecular weight is 353 g/mol. The number of carbonyl (C=O) groups is 1. The van der Waals surface area contributed by atoms with Crippen LogP contribution >= 0.6 is 12.2 Å². The van der Waals surface area contributed by atoms with E-state index in [-0.39, 0.29) is 10.7 Å². The number of nitrogens with zero attached hydrogens (tertiary/aromatic N) is 4. The number of rotatable bonds is 3. The number of carbonyl (C=O) groups excluding carboxylic acids is 1. The van der Waals surface area contributed by atoms with Gasteiger partial charge >= 0.3 is 0 Å². The lowest BCUT2D eigenvalue weighted by Gasteiger charge is -2.33. The summed E-state index contributed by atoms with van der Waals surface area (Å²) in [5, 5.41) is 24.4. The first-order valence-electron chi connectivity index (χ1n) is 7.00. The summed E-state index contributed by atoms with van der Waals surface area (Å²) in [6, 6.07) is 2.76. The second kappa shape index (κ2) is 7.27. The van der Waals surface area contributed by atoms with Gasteiger partial charge in [-0.1, -0.05) is 0 Å². The van der Waals surface area contributed by atoms with E-state index in [1.165, 1.54) is 0 Å². The number of nitro benzene ring substituents is 2. The van der Waals surface area contributed by atoms with Crippen LogP contribution in [0.5, 0.6) is 0 Å². The number of nitro groups is 2. The van der Waals surface area contributed by atoms with Crippen molar-refractivity contribution in [2.45, 2.75) is 0 Å². The highest BCUT2D eigenvalue weighted by Crippen LogP contribution is 2.22. The average Bonchev–Trinajstić information content (AvgIpc) is 2.54. The largest absolute Gasteiger partial charge is 0.346 e. The predicted molar refractivity (Wildman–Crippen MR) is 88.9 cm³/mol. The molecule has 0 spiro atoms. The van der Waals surface area contributed by atoms with Crippen LogP contribution in [0.2, 0.25) is 0 Å². The number of hydrogen-bond donors (Lipinski definition) is 1.